The Labute approximate surface area is 147 Å². The van der Waals surface area contributed by atoms with Crippen LogP contribution in [-0.2, 0) is 4.74 Å². The van der Waals surface area contributed by atoms with Crippen LogP contribution in [0.1, 0.15) is 39.2 Å². The number of anilines is 1. The van der Waals surface area contributed by atoms with Crippen LogP contribution in [0.25, 0.3) is 0 Å². The number of aryl methyl sites for hydroxylation is 1. The summed E-state index contributed by atoms with van der Waals surface area (Å²) in [5.74, 6) is 0. The molecular formula is C18H25N3O4. The molecule has 0 unspecified atom stereocenters. The zero-order chi connectivity index (χ0) is 18.4. The quantitative estimate of drug-likeness (QED) is 0.665. The number of benzene rings is 1. The normalized spacial score (nSPS) is 19.1. The third-order valence-electron chi connectivity index (χ3n) is 4.84. The largest absolute Gasteiger partial charge is 0.444 e. The Morgan fingerprint density at radius 2 is 2.00 bits per heavy atom. The van der Waals surface area contributed by atoms with Gasteiger partial charge in [0.1, 0.15) is 5.60 Å². The molecule has 1 N–H and O–H groups in total. The van der Waals surface area contributed by atoms with Gasteiger partial charge in [-0.3, -0.25) is 10.1 Å². The molecule has 1 aliphatic carbocycles. The smallest absolute Gasteiger partial charge is 0.410 e. The Morgan fingerprint density at radius 1 is 1.36 bits per heavy atom. The molecular weight excluding hydrogens is 322 g/mol. The van der Waals surface area contributed by atoms with Gasteiger partial charge in [-0.1, -0.05) is 0 Å². The number of carbonyl (C=O) groups is 1. The lowest BCUT2D eigenvalue weighted by Crippen LogP contribution is -2.66. The van der Waals surface area contributed by atoms with Crippen LogP contribution in [0.4, 0.5) is 16.2 Å². The van der Waals surface area contributed by atoms with Crippen LogP contribution in [0.2, 0.25) is 0 Å². The first kappa shape index (κ1) is 17.5. The van der Waals surface area contributed by atoms with Crippen molar-refractivity contribution in [3.8, 4) is 0 Å². The standard InChI is InChI=1S/C18H25N3O4/c1-12-7-14(21(23)24)5-6-15(12)19-13-8-18(9-13)10-20(11-18)16(22)25-17(2,3)4/h5-7,13,19H,8-11H2,1-4H3. The van der Waals surface area contributed by atoms with E-state index in [0.717, 1.165) is 37.2 Å². The minimum absolute atomic E-state index is 0.111. The number of nitro groups is 1. The Kier molecular flexibility index (Phi) is 4.13. The molecule has 1 spiro atoms. The summed E-state index contributed by atoms with van der Waals surface area (Å²) in [6.45, 7) is 8.99. The summed E-state index contributed by atoms with van der Waals surface area (Å²) in [6.07, 6.45) is 1.77. The summed E-state index contributed by atoms with van der Waals surface area (Å²) in [4.78, 5) is 24.2. The van der Waals surface area contributed by atoms with Crippen molar-refractivity contribution in [2.24, 2.45) is 5.41 Å². The second-order valence-corrected chi connectivity index (χ2v) is 8.34. The Hall–Kier alpha value is -2.31. The fourth-order valence-electron chi connectivity index (χ4n) is 3.71. The van der Waals surface area contributed by atoms with Crippen LogP contribution in [0.3, 0.4) is 0 Å². The van der Waals surface area contributed by atoms with E-state index in [4.69, 9.17) is 4.74 Å². The highest BCUT2D eigenvalue weighted by Crippen LogP contribution is 2.49. The first-order valence-electron chi connectivity index (χ1n) is 8.56. The molecule has 1 amide bonds. The Morgan fingerprint density at radius 3 is 2.52 bits per heavy atom. The van der Waals surface area contributed by atoms with E-state index in [9.17, 15) is 14.9 Å². The van der Waals surface area contributed by atoms with E-state index in [1.54, 1.807) is 17.0 Å². The van der Waals surface area contributed by atoms with E-state index < -0.39 is 5.60 Å². The molecule has 2 fully saturated rings. The molecule has 0 atom stereocenters. The average Bonchev–Trinajstić information content (AvgIpc) is 2.39. The van der Waals surface area contributed by atoms with Gasteiger partial charge in [-0.05, 0) is 52.2 Å². The SMILES string of the molecule is Cc1cc([N+](=O)[O-])ccc1NC1CC2(C1)CN(C(=O)OC(C)(C)C)C2. The van der Waals surface area contributed by atoms with Crippen LogP contribution < -0.4 is 5.32 Å². The molecule has 136 valence electrons. The first-order valence-corrected chi connectivity index (χ1v) is 8.56. The number of rotatable bonds is 3. The van der Waals surface area contributed by atoms with E-state index in [0.29, 0.717) is 6.04 Å². The maximum atomic E-state index is 12.0. The number of nitro benzene ring substituents is 1. The van der Waals surface area contributed by atoms with E-state index in [1.165, 1.54) is 6.07 Å². The minimum Gasteiger partial charge on any atom is -0.444 e. The maximum absolute atomic E-state index is 12.0. The fourth-order valence-corrected chi connectivity index (χ4v) is 3.71. The van der Waals surface area contributed by atoms with Gasteiger partial charge in [0, 0.05) is 42.4 Å². The molecule has 1 aromatic rings. The van der Waals surface area contributed by atoms with Crippen LogP contribution in [0.15, 0.2) is 18.2 Å². The number of nitrogens with one attached hydrogen (secondary N) is 1. The number of carbonyl (C=O) groups excluding carboxylic acids is 1. The number of hydrogen-bond donors (Lipinski definition) is 1. The predicted molar refractivity (Wildman–Crippen MR) is 94.7 cm³/mol. The zero-order valence-corrected chi connectivity index (χ0v) is 15.2. The minimum atomic E-state index is -0.461. The summed E-state index contributed by atoms with van der Waals surface area (Å²) >= 11 is 0. The molecule has 7 nitrogen and oxygen atoms in total. The van der Waals surface area contributed by atoms with Gasteiger partial charge in [-0.2, -0.15) is 0 Å². The molecule has 7 heteroatoms. The summed E-state index contributed by atoms with van der Waals surface area (Å²) in [7, 11) is 0. The highest BCUT2D eigenvalue weighted by molar-refractivity contribution is 5.69. The summed E-state index contributed by atoms with van der Waals surface area (Å²) in [5.41, 5.74) is 1.67. The van der Waals surface area contributed by atoms with Gasteiger partial charge in [0.15, 0.2) is 0 Å². The van der Waals surface area contributed by atoms with Gasteiger partial charge in [0.2, 0.25) is 0 Å². The van der Waals surface area contributed by atoms with Crippen molar-refractivity contribution in [1.29, 1.82) is 0 Å². The lowest BCUT2D eigenvalue weighted by Gasteiger charge is -2.58. The van der Waals surface area contributed by atoms with E-state index in [-0.39, 0.29) is 22.1 Å². The van der Waals surface area contributed by atoms with Crippen molar-refractivity contribution < 1.29 is 14.5 Å². The monoisotopic (exact) mass is 347 g/mol. The van der Waals surface area contributed by atoms with Crippen molar-refractivity contribution >= 4 is 17.5 Å². The molecule has 1 aromatic carbocycles. The number of hydrogen-bond acceptors (Lipinski definition) is 5. The van der Waals surface area contributed by atoms with Crippen molar-refractivity contribution in [2.75, 3.05) is 18.4 Å². The molecule has 2 aliphatic rings. The summed E-state index contributed by atoms with van der Waals surface area (Å²) in [5, 5.41) is 14.3. The number of amides is 1. The fraction of sp³-hybridized carbons (Fsp3) is 0.611. The lowest BCUT2D eigenvalue weighted by atomic mass is 9.60. The van der Waals surface area contributed by atoms with Crippen LogP contribution >= 0.6 is 0 Å². The second kappa shape index (κ2) is 5.89. The van der Waals surface area contributed by atoms with Crippen LogP contribution in [-0.4, -0.2) is 40.6 Å². The lowest BCUT2D eigenvalue weighted by molar-refractivity contribution is -0.384. The predicted octanol–water partition coefficient (Wildman–Crippen LogP) is 3.71. The first-order chi connectivity index (χ1) is 11.6. The highest BCUT2D eigenvalue weighted by atomic mass is 16.6. The molecule has 1 saturated carbocycles. The molecule has 0 radical (unpaired) electrons. The summed E-state index contributed by atoms with van der Waals surface area (Å²) in [6, 6.07) is 5.23. The molecule has 3 rings (SSSR count). The van der Waals surface area contributed by atoms with Gasteiger partial charge in [0.05, 0.1) is 4.92 Å². The van der Waals surface area contributed by atoms with Crippen molar-refractivity contribution in [3.63, 3.8) is 0 Å². The molecule has 1 saturated heterocycles. The number of likely N-dealkylation sites (tertiary alicyclic amines) is 1. The molecule has 1 aliphatic heterocycles. The van der Waals surface area contributed by atoms with Crippen LogP contribution in [0.5, 0.6) is 0 Å². The van der Waals surface area contributed by atoms with Gasteiger partial charge < -0.3 is 15.0 Å². The molecule has 0 bridgehead atoms. The van der Waals surface area contributed by atoms with Crippen molar-refractivity contribution in [1.82, 2.24) is 4.90 Å². The maximum Gasteiger partial charge on any atom is 0.410 e. The Bertz CT molecular complexity index is 697. The molecule has 1 heterocycles. The Balaban J connectivity index is 1.48. The molecule has 0 aromatic heterocycles. The average molecular weight is 347 g/mol. The zero-order valence-electron chi connectivity index (χ0n) is 15.2. The van der Waals surface area contributed by atoms with E-state index >= 15 is 0 Å². The van der Waals surface area contributed by atoms with Gasteiger partial charge in [-0.25, -0.2) is 4.79 Å². The number of ether oxygens (including phenoxy) is 1. The van der Waals surface area contributed by atoms with Gasteiger partial charge in [-0.15, -0.1) is 0 Å². The third kappa shape index (κ3) is 3.70. The highest BCUT2D eigenvalue weighted by Gasteiger charge is 2.54. The van der Waals surface area contributed by atoms with Gasteiger partial charge in [0.25, 0.3) is 5.69 Å². The topological polar surface area (TPSA) is 84.7 Å². The van der Waals surface area contributed by atoms with E-state index in [1.807, 2.05) is 27.7 Å². The second-order valence-electron chi connectivity index (χ2n) is 8.34. The van der Waals surface area contributed by atoms with Crippen LogP contribution in [0, 0.1) is 22.5 Å². The third-order valence-corrected chi connectivity index (χ3v) is 4.84. The number of nitrogens with zero attached hydrogens (tertiary/aromatic N) is 2. The van der Waals surface area contributed by atoms with Gasteiger partial charge >= 0.3 is 6.09 Å². The van der Waals surface area contributed by atoms with E-state index in [2.05, 4.69) is 5.32 Å². The van der Waals surface area contributed by atoms with Crippen molar-refractivity contribution in [2.45, 2.75) is 52.2 Å². The number of non-ortho nitro benzene ring substituents is 1. The molecule has 25 heavy (non-hydrogen) atoms. The summed E-state index contributed by atoms with van der Waals surface area (Å²) < 4.78 is 5.39. The van der Waals surface area contributed by atoms with Crippen molar-refractivity contribution in [3.05, 3.63) is 33.9 Å².